The Hall–Kier alpha value is -0.504. The van der Waals surface area contributed by atoms with E-state index >= 15 is 0 Å². The van der Waals surface area contributed by atoms with Gasteiger partial charge in [-0.15, -0.1) is 10.2 Å². The van der Waals surface area contributed by atoms with Gasteiger partial charge < -0.3 is 14.6 Å². The van der Waals surface area contributed by atoms with Gasteiger partial charge in [-0.25, -0.2) is 0 Å². The summed E-state index contributed by atoms with van der Waals surface area (Å²) in [5, 5.41) is 18.5. The first-order valence-corrected chi connectivity index (χ1v) is 6.96. The van der Waals surface area contributed by atoms with Crippen LogP contribution in [0.25, 0.3) is 0 Å². The van der Waals surface area contributed by atoms with Gasteiger partial charge >= 0.3 is 51.4 Å². The van der Waals surface area contributed by atoms with Crippen molar-refractivity contribution in [3.05, 3.63) is 46.1 Å². The van der Waals surface area contributed by atoms with Gasteiger partial charge in [-0.3, -0.25) is 0 Å². The van der Waals surface area contributed by atoms with Gasteiger partial charge in [-0.05, 0) is 42.9 Å². The van der Waals surface area contributed by atoms with Crippen molar-refractivity contribution in [1.82, 2.24) is 10.2 Å². The second-order valence-electron chi connectivity index (χ2n) is 5.04. The molecule has 0 unspecified atom stereocenters. The van der Waals surface area contributed by atoms with E-state index in [9.17, 15) is 9.90 Å². The summed E-state index contributed by atoms with van der Waals surface area (Å²) in [7, 11) is 0. The fourth-order valence-corrected chi connectivity index (χ4v) is 2.35. The van der Waals surface area contributed by atoms with Crippen molar-refractivity contribution in [2.24, 2.45) is 0 Å². The molecular weight excluding hydrogens is 331 g/mol. The van der Waals surface area contributed by atoms with E-state index in [4.69, 9.17) is 16.3 Å². The van der Waals surface area contributed by atoms with Crippen LogP contribution in [0.4, 0.5) is 0 Å². The molecule has 108 valence electrons. The van der Waals surface area contributed by atoms with Gasteiger partial charge in [0.05, 0.1) is 11.5 Å². The topological polar surface area (TPSA) is 75.1 Å². The monoisotopic (exact) mass is 342 g/mol. The van der Waals surface area contributed by atoms with E-state index in [1.807, 2.05) is 25.1 Å². The molecule has 0 bridgehead atoms. The molecule has 1 saturated carbocycles. The fraction of sp³-hybridized carbons (Fsp3) is 0.267. The van der Waals surface area contributed by atoms with E-state index in [0.717, 1.165) is 24.0 Å². The van der Waals surface area contributed by atoms with Crippen molar-refractivity contribution in [1.29, 1.82) is 0 Å². The average molecular weight is 343 g/mol. The number of aromatic carboxylic acids is 1. The van der Waals surface area contributed by atoms with Crippen LogP contribution in [0.1, 0.15) is 40.2 Å². The molecule has 1 aromatic carbocycles. The zero-order chi connectivity index (χ0) is 15.0. The van der Waals surface area contributed by atoms with E-state index < -0.39 is 5.97 Å². The maximum Gasteiger partial charge on any atom is 1.00 e. The molecule has 0 N–H and O–H groups in total. The number of rotatable bonds is 4. The maximum atomic E-state index is 11.2. The standard InChI is InChI=1S/C15H13ClN2O3.K/c1-8-3-2-4-10(9-5-6-9)13(8)21-14-11(15(19)20)7-12(16)17-18-14;/h2-4,7,9H,5-6H2,1H3,(H,19,20);/q;+1/p-1. The minimum atomic E-state index is -1.40. The smallest absolute Gasteiger partial charge is 0.545 e. The summed E-state index contributed by atoms with van der Waals surface area (Å²) in [5.41, 5.74) is 1.77. The van der Waals surface area contributed by atoms with Crippen LogP contribution in [0.3, 0.4) is 0 Å². The molecule has 5 nitrogen and oxygen atoms in total. The van der Waals surface area contributed by atoms with E-state index in [2.05, 4.69) is 10.2 Å². The quantitative estimate of drug-likeness (QED) is 0.699. The molecule has 0 radical (unpaired) electrons. The average Bonchev–Trinajstić information content (AvgIpc) is 3.27. The minimum absolute atomic E-state index is 0. The number of carbonyl (C=O) groups excluding carboxylic acids is 1. The molecule has 0 spiro atoms. The largest absolute Gasteiger partial charge is 1.00 e. The van der Waals surface area contributed by atoms with Crippen LogP contribution in [-0.2, 0) is 0 Å². The van der Waals surface area contributed by atoms with E-state index in [0.29, 0.717) is 11.7 Å². The summed E-state index contributed by atoms with van der Waals surface area (Å²) >= 11 is 5.67. The molecule has 3 rings (SSSR count). The molecule has 22 heavy (non-hydrogen) atoms. The van der Waals surface area contributed by atoms with E-state index in [-0.39, 0.29) is 68.0 Å². The third-order valence-corrected chi connectivity index (χ3v) is 3.59. The van der Waals surface area contributed by atoms with Crippen LogP contribution in [-0.4, -0.2) is 16.2 Å². The first-order valence-electron chi connectivity index (χ1n) is 6.58. The van der Waals surface area contributed by atoms with Gasteiger partial charge in [-0.1, -0.05) is 29.8 Å². The molecule has 1 fully saturated rings. The first-order chi connectivity index (χ1) is 10.1. The Morgan fingerprint density at radius 2 is 2.09 bits per heavy atom. The molecule has 1 aromatic heterocycles. The molecule has 0 saturated heterocycles. The van der Waals surface area contributed by atoms with Crippen molar-refractivity contribution in [3.8, 4) is 11.6 Å². The molecular formula is C15H12ClKN2O3. The number of carbonyl (C=O) groups is 1. The summed E-state index contributed by atoms with van der Waals surface area (Å²) in [4.78, 5) is 11.2. The van der Waals surface area contributed by atoms with Crippen molar-refractivity contribution in [2.75, 3.05) is 0 Å². The third-order valence-electron chi connectivity index (χ3n) is 3.41. The zero-order valence-electron chi connectivity index (χ0n) is 12.3. The Balaban J connectivity index is 0.00000176. The van der Waals surface area contributed by atoms with Gasteiger partial charge in [0, 0.05) is 0 Å². The summed E-state index contributed by atoms with van der Waals surface area (Å²) in [5.74, 6) is -0.398. The van der Waals surface area contributed by atoms with Gasteiger partial charge in [0.15, 0.2) is 5.15 Å². The SMILES string of the molecule is Cc1cccc(C2CC2)c1Oc1nnc(Cl)cc1C(=O)[O-].[K+]. The Morgan fingerprint density at radius 3 is 2.73 bits per heavy atom. The van der Waals surface area contributed by atoms with Crippen molar-refractivity contribution in [3.63, 3.8) is 0 Å². The first kappa shape index (κ1) is 17.8. The van der Waals surface area contributed by atoms with Gasteiger partial charge in [0.2, 0.25) is 5.88 Å². The zero-order valence-corrected chi connectivity index (χ0v) is 16.2. The number of ether oxygens (including phenoxy) is 1. The van der Waals surface area contributed by atoms with Crippen LogP contribution in [0.5, 0.6) is 11.6 Å². The van der Waals surface area contributed by atoms with Crippen molar-refractivity contribution >= 4 is 17.6 Å². The third kappa shape index (κ3) is 3.87. The van der Waals surface area contributed by atoms with Crippen LogP contribution < -0.4 is 61.2 Å². The van der Waals surface area contributed by atoms with E-state index in [1.165, 1.54) is 6.07 Å². The number of halogens is 1. The molecule has 2 aromatic rings. The normalized spacial score (nSPS) is 13.4. The number of nitrogens with zero attached hydrogens (tertiary/aromatic N) is 2. The Kier molecular flexibility index (Phi) is 5.98. The molecule has 1 aliphatic rings. The second-order valence-corrected chi connectivity index (χ2v) is 5.43. The molecule has 1 heterocycles. The predicted molar refractivity (Wildman–Crippen MR) is 74.6 cm³/mol. The second kappa shape index (κ2) is 7.38. The Labute approximate surface area is 175 Å². The van der Waals surface area contributed by atoms with Crippen molar-refractivity contribution < 1.29 is 66.0 Å². The predicted octanol–water partition coefficient (Wildman–Crippen LogP) is -0.524. The van der Waals surface area contributed by atoms with Crippen LogP contribution in [0, 0.1) is 6.92 Å². The number of carboxylic acids is 1. The number of aryl methyl sites for hydroxylation is 1. The number of carboxylic acid groups (broad SMARTS) is 1. The number of aromatic nitrogens is 2. The fourth-order valence-electron chi connectivity index (χ4n) is 2.21. The van der Waals surface area contributed by atoms with E-state index in [1.54, 1.807) is 0 Å². The molecule has 1 aliphatic carbocycles. The molecule has 0 atom stereocenters. The Bertz CT molecular complexity index is 720. The Morgan fingerprint density at radius 1 is 1.36 bits per heavy atom. The van der Waals surface area contributed by atoms with Crippen LogP contribution >= 0.6 is 11.6 Å². The van der Waals surface area contributed by atoms with Crippen LogP contribution in [0.2, 0.25) is 5.15 Å². The summed E-state index contributed by atoms with van der Waals surface area (Å²) in [6.07, 6.45) is 2.22. The van der Waals surface area contributed by atoms with Crippen molar-refractivity contribution in [2.45, 2.75) is 25.7 Å². The van der Waals surface area contributed by atoms with Gasteiger partial charge in [-0.2, -0.15) is 0 Å². The number of benzene rings is 1. The number of hydrogen-bond donors (Lipinski definition) is 0. The number of hydrogen-bond acceptors (Lipinski definition) is 5. The molecule has 7 heteroatoms. The summed E-state index contributed by atoms with van der Waals surface area (Å²) in [6.45, 7) is 1.91. The minimum Gasteiger partial charge on any atom is -0.545 e. The maximum absolute atomic E-state index is 11.2. The van der Waals surface area contributed by atoms with Crippen LogP contribution in [0.15, 0.2) is 24.3 Å². The van der Waals surface area contributed by atoms with Gasteiger partial charge in [0.1, 0.15) is 5.75 Å². The molecule has 0 aliphatic heterocycles. The molecule has 0 amide bonds. The summed E-state index contributed by atoms with van der Waals surface area (Å²) in [6, 6.07) is 7.03. The summed E-state index contributed by atoms with van der Waals surface area (Å²) < 4.78 is 5.74. The van der Waals surface area contributed by atoms with Gasteiger partial charge in [0.25, 0.3) is 0 Å². The number of para-hydroxylation sites is 1.